The van der Waals surface area contributed by atoms with Crippen molar-refractivity contribution in [1.82, 2.24) is 14.5 Å². The maximum Gasteiger partial charge on any atom is 0.328 e. The summed E-state index contributed by atoms with van der Waals surface area (Å²) in [6.07, 6.45) is -3.30. The number of aromatic amines is 1. The monoisotopic (exact) mass is 313 g/mol. The molecule has 1 aromatic heterocycles. The second-order valence-electron chi connectivity index (χ2n) is 5.88. The first-order valence-corrected chi connectivity index (χ1v) is 7.08. The van der Waals surface area contributed by atoms with Crippen molar-refractivity contribution in [2.24, 2.45) is 0 Å². The van der Waals surface area contributed by atoms with Crippen LogP contribution in [0.2, 0.25) is 0 Å². The van der Waals surface area contributed by atoms with Gasteiger partial charge in [0, 0.05) is 19.3 Å². The zero-order chi connectivity index (χ0) is 16.0. The number of ether oxygens (including phenoxy) is 1. The highest BCUT2D eigenvalue weighted by Gasteiger charge is 2.44. The van der Waals surface area contributed by atoms with Crippen molar-refractivity contribution in [1.29, 1.82) is 0 Å². The maximum absolute atomic E-state index is 12.0. The summed E-state index contributed by atoms with van der Waals surface area (Å²) in [6, 6.07) is -0.0507. The van der Waals surface area contributed by atoms with Crippen molar-refractivity contribution >= 4 is 0 Å². The van der Waals surface area contributed by atoms with Crippen LogP contribution < -0.4 is 11.2 Å². The fourth-order valence-corrected chi connectivity index (χ4v) is 2.97. The van der Waals surface area contributed by atoms with Crippen LogP contribution >= 0.6 is 0 Å². The first kappa shape index (κ1) is 15.4. The molecular weight excluding hydrogens is 294 g/mol. The molecule has 2 aliphatic heterocycles. The molecule has 2 aliphatic rings. The normalized spacial score (nSPS) is 33.1. The van der Waals surface area contributed by atoms with E-state index < -0.39 is 42.3 Å². The first-order valence-electron chi connectivity index (χ1n) is 7.08. The smallest absolute Gasteiger partial charge is 0.328 e. The Hall–Kier alpha value is -1.52. The van der Waals surface area contributed by atoms with Crippen LogP contribution in [0.25, 0.3) is 0 Å². The van der Waals surface area contributed by atoms with E-state index in [1.807, 2.05) is 11.9 Å². The molecule has 0 spiro atoms. The van der Waals surface area contributed by atoms with E-state index in [0.29, 0.717) is 13.1 Å². The summed E-state index contributed by atoms with van der Waals surface area (Å²) in [5, 5.41) is 28.9. The van der Waals surface area contributed by atoms with Crippen LogP contribution in [0.15, 0.2) is 15.8 Å². The van der Waals surface area contributed by atoms with Gasteiger partial charge in [-0.1, -0.05) is 0 Å². The van der Waals surface area contributed by atoms with E-state index in [1.165, 1.54) is 10.8 Å². The van der Waals surface area contributed by atoms with Crippen LogP contribution in [0.5, 0.6) is 0 Å². The lowest BCUT2D eigenvalue weighted by atomic mass is 10.0. The number of aliphatic hydroxyl groups is 3. The van der Waals surface area contributed by atoms with Crippen LogP contribution in [0.3, 0.4) is 0 Å². The molecule has 9 heteroatoms. The van der Waals surface area contributed by atoms with E-state index in [-0.39, 0.29) is 11.6 Å². The van der Waals surface area contributed by atoms with Gasteiger partial charge in [-0.3, -0.25) is 14.3 Å². The SMILES string of the molecule is CN1CC(n2cc([C@@H]3O[C@H](CO)C(O)C3O)c(=O)[nH]c2=O)C1. The molecule has 0 radical (unpaired) electrons. The molecule has 122 valence electrons. The molecule has 9 nitrogen and oxygen atoms in total. The fraction of sp³-hybridized carbons (Fsp3) is 0.692. The third kappa shape index (κ3) is 2.40. The number of hydrogen-bond donors (Lipinski definition) is 4. The first-order chi connectivity index (χ1) is 10.4. The fourth-order valence-electron chi connectivity index (χ4n) is 2.97. The van der Waals surface area contributed by atoms with Crippen LogP contribution in [0.1, 0.15) is 17.7 Å². The summed E-state index contributed by atoms with van der Waals surface area (Å²) in [5.41, 5.74) is -1.11. The lowest BCUT2D eigenvalue weighted by Gasteiger charge is -2.37. The van der Waals surface area contributed by atoms with Crippen molar-refractivity contribution in [2.45, 2.75) is 30.5 Å². The zero-order valence-corrected chi connectivity index (χ0v) is 12.0. The van der Waals surface area contributed by atoms with E-state index >= 15 is 0 Å². The van der Waals surface area contributed by atoms with E-state index in [1.54, 1.807) is 0 Å². The van der Waals surface area contributed by atoms with Gasteiger partial charge in [0.2, 0.25) is 0 Å². The zero-order valence-electron chi connectivity index (χ0n) is 12.0. The number of aliphatic hydroxyl groups excluding tert-OH is 3. The van der Waals surface area contributed by atoms with E-state index in [0.717, 1.165) is 0 Å². The summed E-state index contributed by atoms with van der Waals surface area (Å²) in [4.78, 5) is 28.2. The van der Waals surface area contributed by atoms with Crippen molar-refractivity contribution in [3.05, 3.63) is 32.6 Å². The van der Waals surface area contributed by atoms with Crippen molar-refractivity contribution < 1.29 is 20.1 Å². The summed E-state index contributed by atoms with van der Waals surface area (Å²) in [5.74, 6) is 0. The highest BCUT2D eigenvalue weighted by molar-refractivity contribution is 5.15. The van der Waals surface area contributed by atoms with Crippen LogP contribution in [-0.2, 0) is 4.74 Å². The van der Waals surface area contributed by atoms with Gasteiger partial charge >= 0.3 is 5.69 Å². The predicted octanol–water partition coefficient (Wildman–Crippen LogP) is -2.82. The number of H-pyrrole nitrogens is 1. The summed E-state index contributed by atoms with van der Waals surface area (Å²) in [6.45, 7) is 0.891. The second-order valence-corrected chi connectivity index (χ2v) is 5.88. The van der Waals surface area contributed by atoms with Crippen molar-refractivity contribution in [3.63, 3.8) is 0 Å². The molecule has 22 heavy (non-hydrogen) atoms. The van der Waals surface area contributed by atoms with Crippen LogP contribution in [0.4, 0.5) is 0 Å². The number of rotatable bonds is 3. The number of hydrogen-bond acceptors (Lipinski definition) is 7. The van der Waals surface area contributed by atoms with Crippen LogP contribution in [0, 0.1) is 0 Å². The lowest BCUT2D eigenvalue weighted by molar-refractivity contribution is -0.0235. The van der Waals surface area contributed by atoms with Crippen LogP contribution in [-0.4, -0.2) is 74.8 Å². The molecule has 4 N–H and O–H groups in total. The minimum Gasteiger partial charge on any atom is -0.394 e. The highest BCUT2D eigenvalue weighted by atomic mass is 16.6. The van der Waals surface area contributed by atoms with Gasteiger partial charge in [-0.25, -0.2) is 4.79 Å². The molecule has 2 saturated heterocycles. The predicted molar refractivity (Wildman–Crippen MR) is 74.6 cm³/mol. The average Bonchev–Trinajstić information content (AvgIpc) is 2.72. The van der Waals surface area contributed by atoms with E-state index in [2.05, 4.69) is 4.98 Å². The summed E-state index contributed by atoms with van der Waals surface area (Å²) < 4.78 is 6.76. The minimum absolute atomic E-state index is 0.0507. The molecule has 0 aromatic carbocycles. The number of likely N-dealkylation sites (N-methyl/N-ethyl adjacent to an activating group) is 1. The van der Waals surface area contributed by atoms with Gasteiger partial charge in [0.25, 0.3) is 5.56 Å². The highest BCUT2D eigenvalue weighted by Crippen LogP contribution is 2.32. The topological polar surface area (TPSA) is 128 Å². The van der Waals surface area contributed by atoms with Gasteiger partial charge in [0.1, 0.15) is 24.4 Å². The quantitative estimate of drug-likeness (QED) is 0.474. The Bertz CT molecular complexity index is 664. The molecule has 0 bridgehead atoms. The largest absolute Gasteiger partial charge is 0.394 e. The molecular formula is C13H19N3O6. The van der Waals surface area contributed by atoms with Crippen molar-refractivity contribution in [3.8, 4) is 0 Å². The van der Waals surface area contributed by atoms with E-state index in [9.17, 15) is 19.8 Å². The van der Waals surface area contributed by atoms with Gasteiger partial charge in [0.15, 0.2) is 0 Å². The Kier molecular flexibility index (Phi) is 3.91. The summed E-state index contributed by atoms with van der Waals surface area (Å²) >= 11 is 0. The molecule has 2 unspecified atom stereocenters. The van der Waals surface area contributed by atoms with Gasteiger partial charge in [-0.05, 0) is 7.05 Å². The third-order valence-electron chi connectivity index (χ3n) is 4.28. The number of likely N-dealkylation sites (tertiary alicyclic amines) is 1. The van der Waals surface area contributed by atoms with Gasteiger partial charge in [-0.15, -0.1) is 0 Å². The standard InChI is InChI=1S/C13H19N3O6/c1-15-2-6(3-15)16-4-7(12(20)14-13(16)21)11-10(19)9(18)8(5-17)22-11/h4,6,8-11,17-19H,2-3,5H2,1H3,(H,14,20,21)/t8-,9?,10?,11+/m1/s1. The molecule has 0 aliphatic carbocycles. The van der Waals surface area contributed by atoms with Gasteiger partial charge in [0.05, 0.1) is 18.2 Å². The Labute approximate surface area is 125 Å². The Balaban J connectivity index is 1.95. The second kappa shape index (κ2) is 5.60. The molecule has 0 amide bonds. The molecule has 4 atom stereocenters. The maximum atomic E-state index is 12.0. The Morgan fingerprint density at radius 1 is 1.32 bits per heavy atom. The minimum atomic E-state index is -1.34. The number of nitrogens with zero attached hydrogens (tertiary/aromatic N) is 2. The average molecular weight is 313 g/mol. The molecule has 0 saturated carbocycles. The van der Waals surface area contributed by atoms with Gasteiger partial charge < -0.3 is 25.0 Å². The molecule has 3 rings (SSSR count). The Morgan fingerprint density at radius 3 is 2.55 bits per heavy atom. The number of aromatic nitrogens is 2. The van der Waals surface area contributed by atoms with Crippen molar-refractivity contribution in [2.75, 3.05) is 26.7 Å². The molecule has 3 heterocycles. The molecule has 1 aromatic rings. The van der Waals surface area contributed by atoms with E-state index in [4.69, 9.17) is 9.84 Å². The Morgan fingerprint density at radius 2 is 2.00 bits per heavy atom. The molecule has 2 fully saturated rings. The lowest BCUT2D eigenvalue weighted by Crippen LogP contribution is -2.49. The summed E-state index contributed by atoms with van der Waals surface area (Å²) in [7, 11) is 1.92. The van der Waals surface area contributed by atoms with Gasteiger partial charge in [-0.2, -0.15) is 0 Å². The number of nitrogens with one attached hydrogen (secondary N) is 1. The third-order valence-corrected chi connectivity index (χ3v) is 4.28.